The van der Waals surface area contributed by atoms with E-state index in [9.17, 15) is 10.5 Å². The Morgan fingerprint density at radius 3 is 0.967 bits per heavy atom. The van der Waals surface area contributed by atoms with Gasteiger partial charge >= 0.3 is 0 Å². The van der Waals surface area contributed by atoms with Crippen LogP contribution >= 0.6 is 0 Å². The lowest BCUT2D eigenvalue weighted by molar-refractivity contribution is 1.07. The number of nitriles is 2. The number of benzene rings is 9. The van der Waals surface area contributed by atoms with E-state index in [2.05, 4.69) is 190 Å². The van der Waals surface area contributed by atoms with Crippen LogP contribution in [0.25, 0.3) is 105 Å². The van der Waals surface area contributed by atoms with Gasteiger partial charge in [-0.3, -0.25) is 0 Å². The van der Waals surface area contributed by atoms with Crippen LogP contribution in [0.1, 0.15) is 11.1 Å². The second-order valence-electron chi connectivity index (χ2n) is 15.5. The van der Waals surface area contributed by atoms with Crippen LogP contribution in [0.3, 0.4) is 0 Å². The highest BCUT2D eigenvalue weighted by atomic mass is 15.1. The Hall–Kier alpha value is -8.64. The highest BCUT2D eigenvalue weighted by molar-refractivity contribution is 6.14. The highest BCUT2D eigenvalue weighted by Crippen LogP contribution is 2.44. The minimum atomic E-state index is 0.408. The minimum absolute atomic E-state index is 0.408. The zero-order valence-electron chi connectivity index (χ0n) is 32.8. The molecule has 0 atom stereocenters. The molecule has 282 valence electrons. The first-order valence-corrected chi connectivity index (χ1v) is 20.4. The number of aromatic nitrogens is 3. The fraction of sp³-hybridized carbons (Fsp3) is 0. The zero-order chi connectivity index (χ0) is 40.6. The predicted molar refractivity (Wildman–Crippen MR) is 250 cm³/mol. The number of fused-ring (bicyclic) bond motifs is 9. The van der Waals surface area contributed by atoms with Crippen LogP contribution < -0.4 is 0 Å². The lowest BCUT2D eigenvalue weighted by Crippen LogP contribution is -2.11. The van der Waals surface area contributed by atoms with Crippen molar-refractivity contribution in [3.8, 4) is 51.5 Å². The molecule has 9 aromatic carbocycles. The maximum Gasteiger partial charge on any atom is 0.104 e. The molecule has 12 rings (SSSR count). The average Bonchev–Trinajstić information content (AvgIpc) is 3.96. The average molecular weight is 776 g/mol. The molecule has 5 heteroatoms. The number of nitrogens with zero attached hydrogens (tertiary/aromatic N) is 5. The van der Waals surface area contributed by atoms with E-state index in [1.54, 1.807) is 0 Å². The summed E-state index contributed by atoms with van der Waals surface area (Å²) in [5.74, 6) is 0. The molecule has 3 aromatic heterocycles. The quantitative estimate of drug-likeness (QED) is 0.175. The molecule has 0 unspecified atom stereocenters. The first-order valence-electron chi connectivity index (χ1n) is 20.4. The van der Waals surface area contributed by atoms with Crippen LogP contribution in [0.4, 0.5) is 0 Å². The maximum atomic E-state index is 11.7. The number of hydrogen-bond donors (Lipinski definition) is 0. The molecule has 0 saturated carbocycles. The largest absolute Gasteiger partial charge is 0.308 e. The van der Waals surface area contributed by atoms with Crippen molar-refractivity contribution in [3.63, 3.8) is 0 Å². The van der Waals surface area contributed by atoms with Crippen molar-refractivity contribution in [2.45, 2.75) is 0 Å². The van der Waals surface area contributed by atoms with Gasteiger partial charge in [-0.05, 0) is 76.9 Å². The van der Waals surface area contributed by atoms with Crippen LogP contribution in [-0.4, -0.2) is 13.7 Å². The zero-order valence-corrected chi connectivity index (χ0v) is 32.8. The highest BCUT2D eigenvalue weighted by Gasteiger charge is 2.28. The molecule has 0 amide bonds. The second-order valence-corrected chi connectivity index (χ2v) is 15.5. The summed E-state index contributed by atoms with van der Waals surface area (Å²) in [6, 6.07) is 74.8. The van der Waals surface area contributed by atoms with Crippen molar-refractivity contribution in [3.05, 3.63) is 211 Å². The topological polar surface area (TPSA) is 62.4 Å². The predicted octanol–water partition coefficient (Wildman–Crippen LogP) is 14.1. The van der Waals surface area contributed by atoms with Crippen molar-refractivity contribution in [1.29, 1.82) is 10.5 Å². The fourth-order valence-electron chi connectivity index (χ4n) is 9.69. The first kappa shape index (κ1) is 34.4. The monoisotopic (exact) mass is 775 g/mol. The van der Waals surface area contributed by atoms with Gasteiger partial charge in [-0.2, -0.15) is 10.5 Å². The normalized spacial score (nSPS) is 11.6. The Balaban J connectivity index is 1.28. The van der Waals surface area contributed by atoms with Crippen LogP contribution in [0.2, 0.25) is 0 Å². The summed E-state index contributed by atoms with van der Waals surface area (Å²) < 4.78 is 6.58. The Bertz CT molecular complexity index is 3480. The van der Waals surface area contributed by atoms with Crippen molar-refractivity contribution < 1.29 is 0 Å². The molecule has 3 heterocycles. The first-order chi connectivity index (χ1) is 30.2. The molecule has 0 spiro atoms. The van der Waals surface area contributed by atoms with Gasteiger partial charge in [0.15, 0.2) is 0 Å². The van der Waals surface area contributed by atoms with E-state index in [1.165, 1.54) is 0 Å². The van der Waals surface area contributed by atoms with Gasteiger partial charge in [-0.1, -0.05) is 146 Å². The smallest absolute Gasteiger partial charge is 0.104 e. The van der Waals surface area contributed by atoms with Crippen LogP contribution in [0.15, 0.2) is 200 Å². The standard InChI is InChI=1S/C56H33N5/c57-34-46-54(59-48-23-11-7-19-40(48)41-20-8-12-24-49(41)59)33-55(60-50-25-13-9-21-42(50)43-22-10-14-26-51(43)60)47(35-58)56(46)61-52-29-27-38(36-15-3-1-4-16-36)31-44(52)45-32-39(28-30-53(45)61)37-17-5-2-6-18-37/h1-33H. The second kappa shape index (κ2) is 13.5. The molecule has 0 N–H and O–H groups in total. The van der Waals surface area contributed by atoms with Gasteiger partial charge in [-0.15, -0.1) is 0 Å². The summed E-state index contributed by atoms with van der Waals surface area (Å²) in [7, 11) is 0. The van der Waals surface area contributed by atoms with Gasteiger partial charge < -0.3 is 13.7 Å². The summed E-state index contributed by atoms with van der Waals surface area (Å²) in [6.45, 7) is 0. The van der Waals surface area contributed by atoms with Gasteiger partial charge in [0.25, 0.3) is 0 Å². The van der Waals surface area contributed by atoms with Crippen LogP contribution in [-0.2, 0) is 0 Å². The third-order valence-corrected chi connectivity index (χ3v) is 12.3. The van der Waals surface area contributed by atoms with Gasteiger partial charge in [-0.25, -0.2) is 0 Å². The van der Waals surface area contributed by atoms with Crippen molar-refractivity contribution in [2.24, 2.45) is 0 Å². The summed E-state index contributed by atoms with van der Waals surface area (Å²) in [4.78, 5) is 0. The molecule has 0 fully saturated rings. The van der Waals surface area contributed by atoms with Crippen LogP contribution in [0.5, 0.6) is 0 Å². The third kappa shape index (κ3) is 5.05. The minimum Gasteiger partial charge on any atom is -0.308 e. The van der Waals surface area contributed by atoms with E-state index < -0.39 is 0 Å². The molecular formula is C56H33N5. The Morgan fingerprint density at radius 1 is 0.279 bits per heavy atom. The Kier molecular flexibility index (Phi) is 7.59. The molecule has 0 aliphatic carbocycles. The SMILES string of the molecule is N#Cc1c(-n2c3ccccc3c3ccccc32)cc(-n2c3ccccc3c3ccccc32)c(C#N)c1-n1c2ccc(-c3ccccc3)cc2c2cc(-c3ccccc3)ccc21. The molecule has 0 aliphatic heterocycles. The molecule has 0 aliphatic rings. The van der Waals surface area contributed by atoms with E-state index in [0.29, 0.717) is 28.2 Å². The number of rotatable bonds is 5. The molecule has 5 nitrogen and oxygen atoms in total. The lowest BCUT2D eigenvalue weighted by Gasteiger charge is -2.21. The Labute approximate surface area is 351 Å². The number of hydrogen-bond acceptors (Lipinski definition) is 2. The van der Waals surface area contributed by atoms with Gasteiger partial charge in [0.1, 0.15) is 23.3 Å². The van der Waals surface area contributed by atoms with Gasteiger partial charge in [0, 0.05) is 32.3 Å². The van der Waals surface area contributed by atoms with E-state index in [4.69, 9.17) is 0 Å². The lowest BCUT2D eigenvalue weighted by atomic mass is 10.0. The van der Waals surface area contributed by atoms with Crippen LogP contribution in [0, 0.1) is 22.7 Å². The maximum absolute atomic E-state index is 11.7. The summed E-state index contributed by atoms with van der Waals surface area (Å²) >= 11 is 0. The molecular weight excluding hydrogens is 743 g/mol. The van der Waals surface area contributed by atoms with E-state index >= 15 is 0 Å². The molecule has 0 radical (unpaired) electrons. The Morgan fingerprint density at radius 2 is 0.607 bits per heavy atom. The molecule has 0 bridgehead atoms. The van der Waals surface area contributed by atoms with Crippen molar-refractivity contribution >= 4 is 65.4 Å². The van der Waals surface area contributed by atoms with Crippen molar-refractivity contribution in [1.82, 2.24) is 13.7 Å². The summed E-state index contributed by atoms with van der Waals surface area (Å²) in [5, 5.41) is 29.7. The third-order valence-electron chi connectivity index (χ3n) is 12.3. The van der Waals surface area contributed by atoms with E-state index in [0.717, 1.165) is 87.7 Å². The van der Waals surface area contributed by atoms with Gasteiger partial charge in [0.2, 0.25) is 0 Å². The molecule has 12 aromatic rings. The van der Waals surface area contributed by atoms with E-state index in [1.807, 2.05) is 36.4 Å². The van der Waals surface area contributed by atoms with Crippen molar-refractivity contribution in [2.75, 3.05) is 0 Å². The molecule has 61 heavy (non-hydrogen) atoms. The van der Waals surface area contributed by atoms with Gasteiger partial charge in [0.05, 0.1) is 50.2 Å². The molecule has 0 saturated heterocycles. The summed E-state index contributed by atoms with van der Waals surface area (Å²) in [6.07, 6.45) is 0. The van der Waals surface area contributed by atoms with E-state index in [-0.39, 0.29) is 0 Å². The number of para-hydroxylation sites is 4. The fourth-order valence-corrected chi connectivity index (χ4v) is 9.69. The summed E-state index contributed by atoms with van der Waals surface area (Å²) in [5.41, 5.74) is 12.9.